The highest BCUT2D eigenvalue weighted by Gasteiger charge is 2.08. The van der Waals surface area contributed by atoms with Crippen molar-refractivity contribution < 1.29 is 14.3 Å². The Bertz CT molecular complexity index is 389. The summed E-state index contributed by atoms with van der Waals surface area (Å²) in [6.45, 7) is 0.737. The van der Waals surface area contributed by atoms with Crippen molar-refractivity contribution in [3.8, 4) is 0 Å². The molecular formula is C11H15N3O3. The quantitative estimate of drug-likeness (QED) is 0.520. The molecule has 0 aliphatic heterocycles. The van der Waals surface area contributed by atoms with Crippen LogP contribution in [0.25, 0.3) is 0 Å². The van der Waals surface area contributed by atoms with Crippen LogP contribution in [0.5, 0.6) is 0 Å². The Morgan fingerprint density at radius 3 is 2.53 bits per heavy atom. The smallest absolute Gasteiger partial charge is 0.321 e. The second-order valence-electron chi connectivity index (χ2n) is 3.32. The summed E-state index contributed by atoms with van der Waals surface area (Å²) in [6.07, 6.45) is 0. The number of urea groups is 1. The number of nitrogens with two attached hydrogens (primary N) is 1. The Hall–Kier alpha value is -2.08. The van der Waals surface area contributed by atoms with Gasteiger partial charge in [-0.05, 0) is 24.3 Å². The van der Waals surface area contributed by atoms with Gasteiger partial charge >= 0.3 is 6.03 Å². The van der Waals surface area contributed by atoms with E-state index in [4.69, 9.17) is 10.5 Å². The average Bonchev–Trinajstić information content (AvgIpc) is 2.30. The first kappa shape index (κ1) is 13.0. The summed E-state index contributed by atoms with van der Waals surface area (Å²) >= 11 is 0. The second-order valence-corrected chi connectivity index (χ2v) is 3.32. The van der Waals surface area contributed by atoms with Crippen molar-refractivity contribution in [1.29, 1.82) is 0 Å². The summed E-state index contributed by atoms with van der Waals surface area (Å²) in [5.41, 5.74) is 6.42. The largest absolute Gasteiger partial charge is 0.399 e. The van der Waals surface area contributed by atoms with E-state index in [-0.39, 0.29) is 0 Å². The van der Waals surface area contributed by atoms with Gasteiger partial charge in [0.2, 0.25) is 0 Å². The number of carbonyl (C=O) groups excluding carboxylic acids is 2. The van der Waals surface area contributed by atoms with Gasteiger partial charge in [0.1, 0.15) is 0 Å². The Morgan fingerprint density at radius 1 is 1.29 bits per heavy atom. The average molecular weight is 237 g/mol. The third kappa shape index (κ3) is 4.52. The van der Waals surface area contributed by atoms with E-state index in [1.807, 2.05) is 0 Å². The number of amides is 3. The topological polar surface area (TPSA) is 93.5 Å². The van der Waals surface area contributed by atoms with Crippen LogP contribution >= 0.6 is 0 Å². The van der Waals surface area contributed by atoms with Crippen molar-refractivity contribution in [1.82, 2.24) is 10.6 Å². The molecule has 0 aromatic heterocycles. The van der Waals surface area contributed by atoms with Gasteiger partial charge in [0.25, 0.3) is 5.91 Å². The first-order chi connectivity index (χ1) is 8.13. The third-order valence-corrected chi connectivity index (χ3v) is 1.99. The molecule has 0 unspecified atom stereocenters. The van der Waals surface area contributed by atoms with Crippen LogP contribution in [0.2, 0.25) is 0 Å². The van der Waals surface area contributed by atoms with E-state index in [0.29, 0.717) is 24.4 Å². The van der Waals surface area contributed by atoms with Gasteiger partial charge in [-0.2, -0.15) is 0 Å². The van der Waals surface area contributed by atoms with Crippen LogP contribution < -0.4 is 16.4 Å². The summed E-state index contributed by atoms with van der Waals surface area (Å²) in [7, 11) is 1.53. The highest BCUT2D eigenvalue weighted by atomic mass is 16.5. The molecule has 0 aliphatic rings. The predicted molar refractivity (Wildman–Crippen MR) is 63.6 cm³/mol. The van der Waals surface area contributed by atoms with Gasteiger partial charge in [-0.3, -0.25) is 10.1 Å². The molecule has 0 bridgehead atoms. The number of benzene rings is 1. The van der Waals surface area contributed by atoms with E-state index in [1.54, 1.807) is 24.3 Å². The van der Waals surface area contributed by atoms with E-state index in [9.17, 15) is 9.59 Å². The Kier molecular flexibility index (Phi) is 4.96. The Labute approximate surface area is 99.1 Å². The third-order valence-electron chi connectivity index (χ3n) is 1.99. The zero-order valence-corrected chi connectivity index (χ0v) is 9.53. The molecule has 92 valence electrons. The van der Waals surface area contributed by atoms with Crippen molar-refractivity contribution in [3.05, 3.63) is 29.8 Å². The number of hydrogen-bond donors (Lipinski definition) is 3. The van der Waals surface area contributed by atoms with Gasteiger partial charge in [0.15, 0.2) is 0 Å². The van der Waals surface area contributed by atoms with Crippen molar-refractivity contribution >= 4 is 17.6 Å². The van der Waals surface area contributed by atoms with Gasteiger partial charge in [-0.1, -0.05) is 0 Å². The van der Waals surface area contributed by atoms with Gasteiger partial charge < -0.3 is 15.8 Å². The van der Waals surface area contributed by atoms with Crippen LogP contribution in [0.15, 0.2) is 24.3 Å². The molecule has 0 atom stereocenters. The maximum Gasteiger partial charge on any atom is 0.321 e. The molecule has 0 radical (unpaired) electrons. The highest BCUT2D eigenvalue weighted by molar-refractivity contribution is 6.04. The van der Waals surface area contributed by atoms with Crippen LogP contribution in [-0.2, 0) is 4.74 Å². The molecule has 0 heterocycles. The van der Waals surface area contributed by atoms with Crippen LogP contribution in [-0.4, -0.2) is 32.2 Å². The van der Waals surface area contributed by atoms with Crippen molar-refractivity contribution in [2.24, 2.45) is 0 Å². The first-order valence-electron chi connectivity index (χ1n) is 5.07. The lowest BCUT2D eigenvalue weighted by Gasteiger charge is -2.06. The number of rotatable bonds is 4. The maximum absolute atomic E-state index is 11.6. The van der Waals surface area contributed by atoms with E-state index in [2.05, 4.69) is 10.6 Å². The van der Waals surface area contributed by atoms with E-state index < -0.39 is 11.9 Å². The lowest BCUT2D eigenvalue weighted by Crippen LogP contribution is -2.40. The zero-order chi connectivity index (χ0) is 12.7. The minimum Gasteiger partial charge on any atom is -0.399 e. The van der Waals surface area contributed by atoms with Crippen LogP contribution in [0.3, 0.4) is 0 Å². The molecule has 1 aromatic rings. The van der Waals surface area contributed by atoms with Gasteiger partial charge in [0.05, 0.1) is 6.61 Å². The molecule has 4 N–H and O–H groups in total. The molecule has 0 fully saturated rings. The fourth-order valence-corrected chi connectivity index (χ4v) is 1.12. The van der Waals surface area contributed by atoms with Crippen molar-refractivity contribution in [2.45, 2.75) is 0 Å². The fourth-order valence-electron chi connectivity index (χ4n) is 1.12. The number of nitrogens with one attached hydrogen (secondary N) is 2. The number of nitrogen functional groups attached to an aromatic ring is 1. The monoisotopic (exact) mass is 237 g/mol. The predicted octanol–water partition coefficient (Wildman–Crippen LogP) is 0.355. The summed E-state index contributed by atoms with van der Waals surface area (Å²) in [5.74, 6) is -0.472. The minimum absolute atomic E-state index is 0.345. The van der Waals surface area contributed by atoms with Crippen LogP contribution in [0, 0.1) is 0 Å². The number of methoxy groups -OCH3 is 1. The molecule has 0 aliphatic carbocycles. The van der Waals surface area contributed by atoms with E-state index in [1.165, 1.54) is 7.11 Å². The molecule has 17 heavy (non-hydrogen) atoms. The van der Waals surface area contributed by atoms with Crippen molar-refractivity contribution in [2.75, 3.05) is 26.0 Å². The maximum atomic E-state index is 11.6. The molecule has 6 nitrogen and oxygen atoms in total. The van der Waals surface area contributed by atoms with Gasteiger partial charge in [0, 0.05) is 24.9 Å². The van der Waals surface area contributed by atoms with E-state index in [0.717, 1.165) is 0 Å². The molecular weight excluding hydrogens is 222 g/mol. The standard InChI is InChI=1S/C11H15N3O3/c1-17-7-6-13-11(16)14-10(15)8-2-4-9(12)5-3-8/h2-5H,6-7,12H2,1H3,(H2,13,14,15,16). The molecule has 1 rings (SSSR count). The Morgan fingerprint density at radius 2 is 1.94 bits per heavy atom. The summed E-state index contributed by atoms with van der Waals surface area (Å²) in [6, 6.07) is 5.74. The minimum atomic E-state index is -0.552. The number of ether oxygens (including phenoxy) is 1. The highest BCUT2D eigenvalue weighted by Crippen LogP contribution is 2.04. The molecule has 3 amide bonds. The lowest BCUT2D eigenvalue weighted by atomic mass is 10.2. The molecule has 0 saturated carbocycles. The fraction of sp³-hybridized carbons (Fsp3) is 0.273. The van der Waals surface area contributed by atoms with Crippen LogP contribution in [0.1, 0.15) is 10.4 Å². The summed E-state index contributed by atoms with van der Waals surface area (Å²) < 4.78 is 4.75. The number of hydrogen-bond acceptors (Lipinski definition) is 4. The summed E-state index contributed by atoms with van der Waals surface area (Å²) in [5, 5.41) is 4.66. The molecule has 0 spiro atoms. The first-order valence-corrected chi connectivity index (χ1v) is 5.07. The SMILES string of the molecule is COCCNC(=O)NC(=O)c1ccc(N)cc1. The number of anilines is 1. The van der Waals surface area contributed by atoms with Crippen molar-refractivity contribution in [3.63, 3.8) is 0 Å². The Balaban J connectivity index is 2.43. The number of carbonyl (C=O) groups is 2. The molecule has 1 aromatic carbocycles. The van der Waals surface area contributed by atoms with Gasteiger partial charge in [-0.15, -0.1) is 0 Å². The zero-order valence-electron chi connectivity index (χ0n) is 9.53. The molecule has 6 heteroatoms. The van der Waals surface area contributed by atoms with E-state index >= 15 is 0 Å². The number of imide groups is 1. The second kappa shape index (κ2) is 6.49. The summed E-state index contributed by atoms with van der Waals surface area (Å²) in [4.78, 5) is 22.8. The normalized spacial score (nSPS) is 9.71. The lowest BCUT2D eigenvalue weighted by molar-refractivity contribution is 0.0963. The molecule has 0 saturated heterocycles. The van der Waals surface area contributed by atoms with Crippen LogP contribution in [0.4, 0.5) is 10.5 Å². The van der Waals surface area contributed by atoms with Gasteiger partial charge in [-0.25, -0.2) is 4.79 Å².